The molecule has 0 aliphatic carbocycles. The Labute approximate surface area is 223 Å². The Kier molecular flexibility index (Phi) is 13.0. The second-order valence-electron chi connectivity index (χ2n) is 10.2. The average molecular weight is 540 g/mol. The maximum Gasteiger partial charge on any atom is 0.513 e. The van der Waals surface area contributed by atoms with Gasteiger partial charge in [0.1, 0.15) is 11.6 Å². The van der Waals surface area contributed by atoms with E-state index in [4.69, 9.17) is 29.4 Å². The van der Waals surface area contributed by atoms with Crippen LogP contribution in [0.2, 0.25) is 0 Å². The molecule has 0 heterocycles. The van der Waals surface area contributed by atoms with E-state index < -0.39 is 41.3 Å². The first kappa shape index (κ1) is 32.7. The molecule has 0 fully saturated rings. The van der Waals surface area contributed by atoms with E-state index in [0.29, 0.717) is 18.4 Å². The highest BCUT2D eigenvalue weighted by atomic mass is 16.7. The first-order valence-corrected chi connectivity index (χ1v) is 12.8. The summed E-state index contributed by atoms with van der Waals surface area (Å²) in [5, 5.41) is 9.89. The van der Waals surface area contributed by atoms with Gasteiger partial charge in [-0.25, -0.2) is 9.59 Å². The SMILES string of the molecule is CCCCOC(=O)Oc1ccc(C[C@](N)(C[C@H](C)OC(=O)C(C)(C)C)C(=O)O)cc1OC(=O)OCCCC. The van der Waals surface area contributed by atoms with Crippen LogP contribution in [0.5, 0.6) is 11.5 Å². The van der Waals surface area contributed by atoms with E-state index in [1.807, 2.05) is 13.8 Å². The van der Waals surface area contributed by atoms with Gasteiger partial charge in [-0.05, 0) is 58.2 Å². The summed E-state index contributed by atoms with van der Waals surface area (Å²) in [5.74, 6) is -2.08. The number of rotatable bonds is 14. The third-order valence-corrected chi connectivity index (χ3v) is 5.35. The van der Waals surface area contributed by atoms with E-state index in [1.54, 1.807) is 27.7 Å². The number of carboxylic acid groups (broad SMARTS) is 1. The molecule has 38 heavy (non-hydrogen) atoms. The molecule has 0 bridgehead atoms. The van der Waals surface area contributed by atoms with Crippen molar-refractivity contribution in [3.63, 3.8) is 0 Å². The van der Waals surface area contributed by atoms with Gasteiger partial charge in [-0.3, -0.25) is 9.59 Å². The van der Waals surface area contributed by atoms with Gasteiger partial charge in [-0.15, -0.1) is 0 Å². The van der Waals surface area contributed by atoms with Crippen molar-refractivity contribution >= 4 is 24.2 Å². The van der Waals surface area contributed by atoms with E-state index in [1.165, 1.54) is 18.2 Å². The minimum absolute atomic E-state index is 0.117. The molecule has 1 aromatic rings. The van der Waals surface area contributed by atoms with Crippen LogP contribution in [0.25, 0.3) is 0 Å². The summed E-state index contributed by atoms with van der Waals surface area (Å²) in [6, 6.07) is 4.17. The predicted molar refractivity (Wildman–Crippen MR) is 138 cm³/mol. The van der Waals surface area contributed by atoms with Crippen molar-refractivity contribution in [2.45, 2.75) is 91.7 Å². The molecule has 11 heteroatoms. The third-order valence-electron chi connectivity index (χ3n) is 5.35. The quantitative estimate of drug-likeness (QED) is 0.141. The fourth-order valence-electron chi connectivity index (χ4n) is 3.18. The lowest BCUT2D eigenvalue weighted by atomic mass is 9.86. The first-order chi connectivity index (χ1) is 17.7. The average Bonchev–Trinajstić information content (AvgIpc) is 2.80. The fraction of sp³-hybridized carbons (Fsp3) is 0.630. The van der Waals surface area contributed by atoms with Crippen molar-refractivity contribution in [2.24, 2.45) is 11.1 Å². The van der Waals surface area contributed by atoms with Crippen molar-refractivity contribution in [1.29, 1.82) is 0 Å². The fourth-order valence-corrected chi connectivity index (χ4v) is 3.18. The molecule has 0 aromatic heterocycles. The van der Waals surface area contributed by atoms with Crippen molar-refractivity contribution < 1.29 is 48.0 Å². The van der Waals surface area contributed by atoms with Gasteiger partial charge in [-0.2, -0.15) is 0 Å². The zero-order valence-electron chi connectivity index (χ0n) is 23.2. The van der Waals surface area contributed by atoms with Gasteiger partial charge in [0, 0.05) is 12.8 Å². The van der Waals surface area contributed by atoms with Crippen molar-refractivity contribution in [1.82, 2.24) is 0 Å². The highest BCUT2D eigenvalue weighted by Gasteiger charge is 2.38. The van der Waals surface area contributed by atoms with Gasteiger partial charge < -0.3 is 34.5 Å². The number of carbonyl (C=O) groups excluding carboxylic acids is 3. The van der Waals surface area contributed by atoms with Gasteiger partial charge in [0.25, 0.3) is 0 Å². The van der Waals surface area contributed by atoms with Crippen LogP contribution in [-0.4, -0.2) is 54.2 Å². The number of unbranched alkanes of at least 4 members (excludes halogenated alkanes) is 2. The van der Waals surface area contributed by atoms with Gasteiger partial charge >= 0.3 is 24.2 Å². The van der Waals surface area contributed by atoms with Crippen molar-refractivity contribution in [3.05, 3.63) is 23.8 Å². The Morgan fingerprint density at radius 3 is 1.92 bits per heavy atom. The maximum absolute atomic E-state index is 12.2. The summed E-state index contributed by atoms with van der Waals surface area (Å²) in [4.78, 5) is 48.6. The molecule has 214 valence electrons. The Hall–Kier alpha value is -3.34. The Morgan fingerprint density at radius 1 is 0.921 bits per heavy atom. The van der Waals surface area contributed by atoms with Crippen LogP contribution in [0.4, 0.5) is 9.59 Å². The molecule has 0 saturated heterocycles. The minimum atomic E-state index is -1.82. The molecular weight excluding hydrogens is 498 g/mol. The van der Waals surface area contributed by atoms with Gasteiger partial charge in [0.05, 0.1) is 18.6 Å². The van der Waals surface area contributed by atoms with Crippen molar-refractivity contribution in [2.75, 3.05) is 13.2 Å². The number of hydrogen-bond acceptors (Lipinski definition) is 10. The molecule has 11 nitrogen and oxygen atoms in total. The molecule has 3 N–H and O–H groups in total. The summed E-state index contributed by atoms with van der Waals surface area (Å²) in [6.07, 6.45) is -0.261. The maximum atomic E-state index is 12.2. The van der Waals surface area contributed by atoms with Crippen LogP contribution in [0.15, 0.2) is 18.2 Å². The lowest BCUT2D eigenvalue weighted by Gasteiger charge is -2.29. The number of carbonyl (C=O) groups is 4. The topological polar surface area (TPSA) is 161 Å². The van der Waals surface area contributed by atoms with Crippen molar-refractivity contribution in [3.8, 4) is 11.5 Å². The number of ether oxygens (including phenoxy) is 5. The molecule has 0 saturated carbocycles. The van der Waals surface area contributed by atoms with Gasteiger partial charge in [-0.1, -0.05) is 32.8 Å². The Bertz CT molecular complexity index is 956. The highest BCUT2D eigenvalue weighted by molar-refractivity contribution is 5.79. The summed E-state index contributed by atoms with van der Waals surface area (Å²) in [6.45, 7) is 10.8. The van der Waals surface area contributed by atoms with Crippen LogP contribution in [-0.2, 0) is 30.2 Å². The van der Waals surface area contributed by atoms with Gasteiger partial charge in [0.15, 0.2) is 11.5 Å². The van der Waals surface area contributed by atoms with Crippen LogP contribution in [0, 0.1) is 5.41 Å². The summed E-state index contributed by atoms with van der Waals surface area (Å²) in [7, 11) is 0. The van der Waals surface area contributed by atoms with E-state index >= 15 is 0 Å². The zero-order valence-corrected chi connectivity index (χ0v) is 23.2. The van der Waals surface area contributed by atoms with E-state index in [2.05, 4.69) is 0 Å². The second-order valence-corrected chi connectivity index (χ2v) is 10.2. The van der Waals surface area contributed by atoms with Crippen LogP contribution in [0.1, 0.15) is 79.2 Å². The molecule has 1 aromatic carbocycles. The molecule has 0 aliphatic heterocycles. The Morgan fingerprint density at radius 2 is 1.45 bits per heavy atom. The molecule has 0 unspecified atom stereocenters. The first-order valence-electron chi connectivity index (χ1n) is 12.8. The van der Waals surface area contributed by atoms with E-state index in [0.717, 1.165) is 12.8 Å². The van der Waals surface area contributed by atoms with E-state index in [9.17, 15) is 24.3 Å². The lowest BCUT2D eigenvalue weighted by molar-refractivity contribution is -0.160. The molecule has 2 atom stereocenters. The second kappa shape index (κ2) is 15.2. The summed E-state index contributed by atoms with van der Waals surface area (Å²) in [5.41, 5.74) is 4.03. The number of hydrogen-bond donors (Lipinski definition) is 2. The summed E-state index contributed by atoms with van der Waals surface area (Å²) >= 11 is 0. The number of carboxylic acids is 1. The largest absolute Gasteiger partial charge is 0.513 e. The standard InChI is InChI=1S/C27H41NO10/c1-7-9-13-34-24(32)37-20-12-11-19(15-21(20)38-25(33)35-14-10-8-2)17-27(28,22(29)30)16-18(3)36-23(31)26(4,5)6/h11-12,15,18H,7-10,13-14,16-17,28H2,1-6H3,(H,29,30)/t18-,27+/m0/s1. The smallest absolute Gasteiger partial charge is 0.480 e. The Balaban J connectivity index is 3.15. The minimum Gasteiger partial charge on any atom is -0.480 e. The highest BCUT2D eigenvalue weighted by Crippen LogP contribution is 2.31. The molecular formula is C27H41NO10. The van der Waals surface area contributed by atoms with Crippen LogP contribution in [0.3, 0.4) is 0 Å². The van der Waals surface area contributed by atoms with Crippen LogP contribution >= 0.6 is 0 Å². The normalized spacial score (nSPS) is 13.6. The van der Waals surface area contributed by atoms with Crippen LogP contribution < -0.4 is 15.2 Å². The molecule has 0 spiro atoms. The number of aliphatic carboxylic acids is 1. The lowest BCUT2D eigenvalue weighted by Crippen LogP contribution is -2.52. The summed E-state index contributed by atoms with van der Waals surface area (Å²) < 4.78 is 25.8. The number of nitrogens with two attached hydrogens (primary N) is 1. The van der Waals surface area contributed by atoms with Gasteiger partial charge in [0.2, 0.25) is 0 Å². The monoisotopic (exact) mass is 539 g/mol. The number of benzene rings is 1. The zero-order chi connectivity index (χ0) is 28.9. The third kappa shape index (κ3) is 11.4. The van der Waals surface area contributed by atoms with E-state index in [-0.39, 0.29) is 37.6 Å². The molecule has 1 rings (SSSR count). The predicted octanol–water partition coefficient (Wildman–Crippen LogP) is 5.01. The number of esters is 1. The molecule has 0 aliphatic rings. The molecule has 0 amide bonds. The molecule has 0 radical (unpaired) electrons.